The summed E-state index contributed by atoms with van der Waals surface area (Å²) >= 11 is 0. The zero-order valence-electron chi connectivity index (χ0n) is 18.3. The summed E-state index contributed by atoms with van der Waals surface area (Å²) in [5, 5.41) is 3.31. The minimum Gasteiger partial charge on any atom is -0.440 e. The number of nitrogens with one attached hydrogen (secondary N) is 1. The molecule has 2 aromatic carbocycles. The van der Waals surface area contributed by atoms with Gasteiger partial charge < -0.3 is 14.8 Å². The first kappa shape index (κ1) is 23.4. The first-order chi connectivity index (χ1) is 15.7. The van der Waals surface area contributed by atoms with E-state index in [2.05, 4.69) is 10.1 Å². The van der Waals surface area contributed by atoms with E-state index in [-0.39, 0.29) is 18.1 Å². The number of carbonyl (C=O) groups excluding carboxylic acids is 1. The predicted octanol–water partition coefficient (Wildman–Crippen LogP) is 5.19. The SMILES string of the molecule is CCC1(Cc2ccc(F)cc2)N(Cc2ccc(OC(F)(F)F)cc2)C(=O)OC12CCNCC2. The van der Waals surface area contributed by atoms with Gasteiger partial charge in [-0.2, -0.15) is 0 Å². The van der Waals surface area contributed by atoms with Crippen LogP contribution in [0, 0.1) is 5.82 Å². The van der Waals surface area contributed by atoms with E-state index in [4.69, 9.17) is 4.74 Å². The average molecular weight is 466 g/mol. The van der Waals surface area contributed by atoms with Gasteiger partial charge in [-0.3, -0.25) is 4.90 Å². The van der Waals surface area contributed by atoms with Crippen LogP contribution in [0.15, 0.2) is 48.5 Å². The van der Waals surface area contributed by atoms with Crippen LogP contribution in [0.3, 0.4) is 0 Å². The normalized spacial score (nSPS) is 22.5. The van der Waals surface area contributed by atoms with Crippen LogP contribution >= 0.6 is 0 Å². The van der Waals surface area contributed by atoms with Gasteiger partial charge in [-0.05, 0) is 61.3 Å². The largest absolute Gasteiger partial charge is 0.573 e. The number of carbonyl (C=O) groups is 1. The second kappa shape index (κ2) is 8.85. The number of piperidine rings is 1. The minimum atomic E-state index is -4.77. The number of amides is 1. The molecule has 178 valence electrons. The number of rotatable bonds is 6. The van der Waals surface area contributed by atoms with Gasteiger partial charge in [0.15, 0.2) is 0 Å². The smallest absolute Gasteiger partial charge is 0.440 e. The fraction of sp³-hybridized carbons (Fsp3) is 0.458. The summed E-state index contributed by atoms with van der Waals surface area (Å²) in [7, 11) is 0. The molecule has 2 aromatic rings. The number of nitrogens with zero attached hydrogens (tertiary/aromatic N) is 1. The lowest BCUT2D eigenvalue weighted by atomic mass is 9.68. The Bertz CT molecular complexity index is 973. The molecule has 4 rings (SSSR count). The molecule has 9 heteroatoms. The zero-order chi connectivity index (χ0) is 23.7. The third-order valence-electron chi connectivity index (χ3n) is 6.77. The lowest BCUT2D eigenvalue weighted by Gasteiger charge is -2.48. The Labute approximate surface area is 189 Å². The van der Waals surface area contributed by atoms with E-state index in [1.807, 2.05) is 6.92 Å². The van der Waals surface area contributed by atoms with Crippen molar-refractivity contribution in [2.75, 3.05) is 13.1 Å². The van der Waals surface area contributed by atoms with Crippen LogP contribution < -0.4 is 10.1 Å². The molecular weight excluding hydrogens is 440 g/mol. The molecule has 1 unspecified atom stereocenters. The predicted molar refractivity (Wildman–Crippen MR) is 113 cm³/mol. The summed E-state index contributed by atoms with van der Waals surface area (Å²) in [5.74, 6) is -0.657. The Morgan fingerprint density at radius 2 is 1.64 bits per heavy atom. The van der Waals surface area contributed by atoms with Gasteiger partial charge in [-0.15, -0.1) is 13.2 Å². The summed E-state index contributed by atoms with van der Waals surface area (Å²) in [5.41, 5.74) is 0.140. The first-order valence-corrected chi connectivity index (χ1v) is 11.0. The summed E-state index contributed by atoms with van der Waals surface area (Å²) in [6.45, 7) is 3.59. The lowest BCUT2D eigenvalue weighted by Crippen LogP contribution is -2.62. The van der Waals surface area contributed by atoms with E-state index in [1.54, 1.807) is 17.0 Å². The Kier molecular flexibility index (Phi) is 6.26. The van der Waals surface area contributed by atoms with Crippen molar-refractivity contribution in [1.82, 2.24) is 10.2 Å². The van der Waals surface area contributed by atoms with Gasteiger partial charge in [0.05, 0.1) is 5.54 Å². The monoisotopic (exact) mass is 466 g/mol. The summed E-state index contributed by atoms with van der Waals surface area (Å²) < 4.78 is 61.0. The Hall–Kier alpha value is -2.81. The molecule has 0 saturated carbocycles. The second-order valence-electron chi connectivity index (χ2n) is 8.58. The Balaban J connectivity index is 1.67. The van der Waals surface area contributed by atoms with Crippen LogP contribution in [0.1, 0.15) is 37.3 Å². The molecular formula is C24H26F4N2O3. The van der Waals surface area contributed by atoms with E-state index in [9.17, 15) is 22.4 Å². The summed E-state index contributed by atoms with van der Waals surface area (Å²) in [6.07, 6.45) is -2.85. The van der Waals surface area contributed by atoms with E-state index < -0.39 is 23.6 Å². The molecule has 2 aliphatic heterocycles. The molecule has 1 atom stereocenters. The van der Waals surface area contributed by atoms with Crippen molar-refractivity contribution < 1.29 is 31.8 Å². The van der Waals surface area contributed by atoms with Crippen LogP contribution in [0.4, 0.5) is 22.4 Å². The number of halogens is 4. The molecule has 2 heterocycles. The van der Waals surface area contributed by atoms with Crippen molar-refractivity contribution in [2.45, 2.75) is 56.7 Å². The Morgan fingerprint density at radius 3 is 2.21 bits per heavy atom. The topological polar surface area (TPSA) is 50.8 Å². The number of ether oxygens (including phenoxy) is 2. The van der Waals surface area contributed by atoms with Crippen LogP contribution in [0.25, 0.3) is 0 Å². The van der Waals surface area contributed by atoms with E-state index in [0.29, 0.717) is 44.3 Å². The Morgan fingerprint density at radius 1 is 1.03 bits per heavy atom. The van der Waals surface area contributed by atoms with Crippen molar-refractivity contribution in [1.29, 1.82) is 0 Å². The molecule has 1 amide bonds. The fourth-order valence-electron chi connectivity index (χ4n) is 5.17. The van der Waals surface area contributed by atoms with Crippen molar-refractivity contribution >= 4 is 6.09 Å². The molecule has 0 bridgehead atoms. The fourth-order valence-corrected chi connectivity index (χ4v) is 5.17. The van der Waals surface area contributed by atoms with Crippen molar-refractivity contribution in [3.05, 3.63) is 65.5 Å². The standard InChI is InChI=1S/C24H26F4N2O3/c1-2-22(15-17-3-7-19(25)8-4-17)23(11-13-29-14-12-23)33-21(31)30(22)16-18-5-9-20(10-6-18)32-24(26,27)28/h3-10,29H,2,11-16H2,1H3. The minimum absolute atomic E-state index is 0.176. The van der Waals surface area contributed by atoms with Gasteiger partial charge in [0.25, 0.3) is 0 Å². The number of hydrogen-bond donors (Lipinski definition) is 1. The second-order valence-corrected chi connectivity index (χ2v) is 8.58. The highest BCUT2D eigenvalue weighted by Crippen LogP contribution is 2.49. The number of alkyl halides is 3. The van der Waals surface area contributed by atoms with Crippen LogP contribution in [0.2, 0.25) is 0 Å². The van der Waals surface area contributed by atoms with E-state index >= 15 is 0 Å². The third kappa shape index (κ3) is 4.64. The number of hydrogen-bond acceptors (Lipinski definition) is 4. The van der Waals surface area contributed by atoms with Crippen molar-refractivity contribution in [3.63, 3.8) is 0 Å². The molecule has 0 radical (unpaired) electrons. The average Bonchev–Trinajstić information content (AvgIpc) is 2.98. The third-order valence-corrected chi connectivity index (χ3v) is 6.77. The molecule has 2 aliphatic rings. The number of benzene rings is 2. The van der Waals surface area contributed by atoms with Gasteiger partial charge in [0.1, 0.15) is 17.2 Å². The summed E-state index contributed by atoms with van der Waals surface area (Å²) in [4.78, 5) is 14.9. The van der Waals surface area contributed by atoms with E-state index in [1.165, 1.54) is 36.4 Å². The maximum atomic E-state index is 13.5. The van der Waals surface area contributed by atoms with Gasteiger partial charge in [-0.25, -0.2) is 9.18 Å². The van der Waals surface area contributed by atoms with Crippen molar-refractivity contribution in [2.24, 2.45) is 0 Å². The molecule has 1 spiro atoms. The molecule has 0 aromatic heterocycles. The molecule has 33 heavy (non-hydrogen) atoms. The summed E-state index contributed by atoms with van der Waals surface area (Å²) in [6, 6.07) is 11.7. The molecule has 2 saturated heterocycles. The van der Waals surface area contributed by atoms with Gasteiger partial charge in [-0.1, -0.05) is 31.2 Å². The van der Waals surface area contributed by atoms with Gasteiger partial charge in [0, 0.05) is 19.4 Å². The van der Waals surface area contributed by atoms with Crippen LogP contribution in [0.5, 0.6) is 5.75 Å². The molecule has 0 aliphatic carbocycles. The quantitative estimate of drug-likeness (QED) is 0.596. The highest BCUT2D eigenvalue weighted by Gasteiger charge is 2.63. The highest BCUT2D eigenvalue weighted by atomic mass is 19.4. The first-order valence-electron chi connectivity index (χ1n) is 11.0. The maximum Gasteiger partial charge on any atom is 0.573 e. The van der Waals surface area contributed by atoms with Crippen LogP contribution in [-0.2, 0) is 17.7 Å². The van der Waals surface area contributed by atoms with Gasteiger partial charge >= 0.3 is 12.5 Å². The molecule has 5 nitrogen and oxygen atoms in total. The zero-order valence-corrected chi connectivity index (χ0v) is 18.3. The van der Waals surface area contributed by atoms with E-state index in [0.717, 1.165) is 5.56 Å². The molecule has 1 N–H and O–H groups in total. The molecule has 2 fully saturated rings. The maximum absolute atomic E-state index is 13.5. The van der Waals surface area contributed by atoms with Crippen LogP contribution in [-0.4, -0.2) is 41.6 Å². The van der Waals surface area contributed by atoms with Gasteiger partial charge in [0.2, 0.25) is 0 Å². The van der Waals surface area contributed by atoms with Crippen molar-refractivity contribution in [3.8, 4) is 5.75 Å². The lowest BCUT2D eigenvalue weighted by molar-refractivity contribution is -0.274. The highest BCUT2D eigenvalue weighted by molar-refractivity contribution is 5.73.